The molecule has 1 N–H and O–H groups in total. The highest BCUT2D eigenvalue weighted by molar-refractivity contribution is 6.58. The number of rotatable bonds is 6. The lowest BCUT2D eigenvalue weighted by atomic mass is 9.56. The van der Waals surface area contributed by atoms with E-state index in [-0.39, 0.29) is 45.2 Å². The fourth-order valence-corrected chi connectivity index (χ4v) is 9.53. The molecule has 2 saturated heterocycles. The molecule has 4 amide bonds. The van der Waals surface area contributed by atoms with Gasteiger partial charge in [-0.25, -0.2) is 26.9 Å². The van der Waals surface area contributed by atoms with Gasteiger partial charge in [0.15, 0.2) is 50.3 Å². The highest BCUT2D eigenvalue weighted by Gasteiger charge is 2.77. The number of alkyl halides is 2. The number of ether oxygens (including phenoxy) is 1. The number of hydrogen-bond acceptors (Lipinski definition) is 7. The molecular weight excluding hydrogens is 786 g/mol. The molecule has 9 nitrogen and oxygen atoms in total. The highest BCUT2D eigenvalue weighted by Crippen LogP contribution is 2.66. The van der Waals surface area contributed by atoms with Crippen LogP contribution in [0.3, 0.4) is 0 Å². The standard InChI is InChI=1S/C40H25Cl2F5N2O7/c1-56-25-14-9-19(15-24(25)50)27-21-12-13-22-26(36(53)48(35(22)52)20-10-7-18(8-11-20)34(51)17-5-3-2-4-6-17)23(21)16-39(41)37(54)49(38(55)40(27,39)42)33-31(46)29(44)28(43)30(45)32(33)47/h2-12,14-15,22-23,26-27,50H,13,16H2,1H3. The second kappa shape index (κ2) is 13.0. The average molecular weight is 812 g/mol. The van der Waals surface area contributed by atoms with Gasteiger partial charge in [0.05, 0.1) is 24.6 Å². The molecule has 4 aromatic carbocycles. The Balaban J connectivity index is 1.24. The van der Waals surface area contributed by atoms with Gasteiger partial charge in [0, 0.05) is 17.0 Å². The van der Waals surface area contributed by atoms with Crippen molar-refractivity contribution in [3.63, 3.8) is 0 Å². The zero-order valence-corrected chi connectivity index (χ0v) is 30.2. The molecule has 6 atom stereocenters. The van der Waals surface area contributed by atoms with Crippen LogP contribution in [-0.2, 0) is 19.2 Å². The Hall–Kier alpha value is -5.60. The molecule has 0 radical (unpaired) electrons. The van der Waals surface area contributed by atoms with Crippen molar-refractivity contribution in [2.24, 2.45) is 17.8 Å². The summed E-state index contributed by atoms with van der Waals surface area (Å²) < 4.78 is 78.8. The molecule has 0 spiro atoms. The summed E-state index contributed by atoms with van der Waals surface area (Å²) in [6.07, 6.45) is 0.748. The Morgan fingerprint density at radius 2 is 1.38 bits per heavy atom. The van der Waals surface area contributed by atoms with Gasteiger partial charge in [0.1, 0.15) is 5.69 Å². The smallest absolute Gasteiger partial charge is 0.258 e. The van der Waals surface area contributed by atoms with E-state index in [1.807, 2.05) is 0 Å². The first kappa shape index (κ1) is 37.3. The lowest BCUT2D eigenvalue weighted by Crippen LogP contribution is -2.60. The Morgan fingerprint density at radius 3 is 1.98 bits per heavy atom. The van der Waals surface area contributed by atoms with Crippen LogP contribution in [0.15, 0.2) is 84.4 Å². The summed E-state index contributed by atoms with van der Waals surface area (Å²) in [5.41, 5.74) is -0.864. The van der Waals surface area contributed by atoms with Crippen LogP contribution in [0.5, 0.6) is 11.5 Å². The van der Waals surface area contributed by atoms with Crippen molar-refractivity contribution in [1.29, 1.82) is 0 Å². The quantitative estimate of drug-likeness (QED) is 0.0420. The van der Waals surface area contributed by atoms with Crippen LogP contribution in [-0.4, -0.2) is 51.4 Å². The van der Waals surface area contributed by atoms with Crippen molar-refractivity contribution >= 4 is 64.0 Å². The predicted octanol–water partition coefficient (Wildman–Crippen LogP) is 7.10. The molecule has 3 fully saturated rings. The number of anilines is 2. The molecule has 4 aliphatic rings. The topological polar surface area (TPSA) is 121 Å². The van der Waals surface area contributed by atoms with Gasteiger partial charge in [-0.3, -0.25) is 28.9 Å². The van der Waals surface area contributed by atoms with Crippen molar-refractivity contribution in [3.8, 4) is 11.5 Å². The van der Waals surface area contributed by atoms with Crippen molar-refractivity contribution < 1.29 is 55.8 Å². The molecule has 8 rings (SSSR count). The molecule has 16 heteroatoms. The second-order valence-corrected chi connectivity index (χ2v) is 15.1. The number of carbonyl (C=O) groups excluding carboxylic acids is 5. The maximum Gasteiger partial charge on any atom is 0.258 e. The number of imide groups is 2. The molecule has 2 aliphatic heterocycles. The van der Waals surface area contributed by atoms with Crippen molar-refractivity contribution in [2.45, 2.75) is 28.5 Å². The number of fused-ring (bicyclic) bond motifs is 4. The molecule has 0 aromatic heterocycles. The summed E-state index contributed by atoms with van der Waals surface area (Å²) in [5.74, 6) is -22.9. The molecular formula is C40H25Cl2F5N2O7. The molecule has 1 saturated carbocycles. The number of methoxy groups -OCH3 is 1. The van der Waals surface area contributed by atoms with Crippen LogP contribution in [0.25, 0.3) is 0 Å². The molecule has 286 valence electrons. The van der Waals surface area contributed by atoms with E-state index in [4.69, 9.17) is 27.9 Å². The van der Waals surface area contributed by atoms with Gasteiger partial charge in [-0.15, -0.1) is 23.2 Å². The number of halogens is 7. The average Bonchev–Trinajstić information content (AvgIpc) is 3.54. The normalized spacial score (nSPS) is 26.9. The maximum absolute atomic E-state index is 15.3. The lowest BCUT2D eigenvalue weighted by molar-refractivity contribution is -0.125. The number of carbonyl (C=O) groups is 5. The minimum atomic E-state index is -2.76. The van der Waals surface area contributed by atoms with Crippen LogP contribution < -0.4 is 14.5 Å². The first-order valence-electron chi connectivity index (χ1n) is 17.0. The van der Waals surface area contributed by atoms with Gasteiger partial charge in [-0.2, -0.15) is 0 Å². The minimum Gasteiger partial charge on any atom is -0.504 e. The number of aromatic hydroxyl groups is 1. The molecule has 4 aromatic rings. The predicted molar refractivity (Wildman–Crippen MR) is 190 cm³/mol. The van der Waals surface area contributed by atoms with Crippen LogP contribution in [0.4, 0.5) is 33.3 Å². The number of hydrogen-bond donors (Lipinski definition) is 1. The Labute approximate surface area is 323 Å². The van der Waals surface area contributed by atoms with E-state index in [1.165, 1.54) is 49.6 Å². The zero-order chi connectivity index (χ0) is 40.2. The number of benzene rings is 4. The van der Waals surface area contributed by atoms with Crippen molar-refractivity contribution in [3.05, 3.63) is 130 Å². The van der Waals surface area contributed by atoms with E-state index >= 15 is 8.78 Å². The van der Waals surface area contributed by atoms with E-state index in [9.17, 15) is 42.3 Å². The van der Waals surface area contributed by atoms with Crippen LogP contribution in [0.1, 0.15) is 40.2 Å². The molecule has 6 unspecified atom stereocenters. The number of allylic oxidation sites excluding steroid dienone is 2. The third-order valence-corrected chi connectivity index (χ3v) is 12.6. The number of phenolic OH excluding ortho intramolecular Hbond substituents is 1. The van der Waals surface area contributed by atoms with E-state index in [2.05, 4.69) is 0 Å². The van der Waals surface area contributed by atoms with Gasteiger partial charge < -0.3 is 9.84 Å². The first-order valence-corrected chi connectivity index (χ1v) is 17.8. The highest BCUT2D eigenvalue weighted by atomic mass is 35.5. The van der Waals surface area contributed by atoms with E-state index in [0.717, 1.165) is 11.0 Å². The minimum absolute atomic E-state index is 0.00503. The Bertz CT molecular complexity index is 2440. The summed E-state index contributed by atoms with van der Waals surface area (Å²) >= 11 is 14.3. The van der Waals surface area contributed by atoms with E-state index < -0.39 is 104 Å². The number of amides is 4. The molecule has 0 bridgehead atoms. The van der Waals surface area contributed by atoms with Gasteiger partial charge >= 0.3 is 0 Å². The SMILES string of the molecule is COc1ccc(C2C3=CCC4C(=O)N(c5ccc(C(=O)c6ccccc6)cc5)C(=O)C4C3CC3(Cl)C(=O)N(c4c(F)c(F)c(F)c(F)c4F)C(=O)C23Cl)cc1O. The fourth-order valence-electron chi connectivity index (χ4n) is 8.60. The molecule has 2 aliphatic carbocycles. The van der Waals surface area contributed by atoms with Crippen molar-refractivity contribution in [1.82, 2.24) is 0 Å². The third kappa shape index (κ3) is 4.94. The van der Waals surface area contributed by atoms with Crippen molar-refractivity contribution in [2.75, 3.05) is 16.9 Å². The van der Waals surface area contributed by atoms with Crippen LogP contribution in [0.2, 0.25) is 0 Å². The largest absolute Gasteiger partial charge is 0.504 e. The third-order valence-electron chi connectivity index (χ3n) is 11.2. The summed E-state index contributed by atoms with van der Waals surface area (Å²) in [5, 5.41) is 10.8. The van der Waals surface area contributed by atoms with Gasteiger partial charge in [0.2, 0.25) is 17.6 Å². The van der Waals surface area contributed by atoms with Crippen LogP contribution >= 0.6 is 23.2 Å². The monoisotopic (exact) mass is 810 g/mol. The Kier molecular flexibility index (Phi) is 8.66. The summed E-state index contributed by atoms with van der Waals surface area (Å²) in [4.78, 5) is 65.5. The molecule has 2 heterocycles. The Morgan fingerprint density at radius 1 is 0.768 bits per heavy atom. The van der Waals surface area contributed by atoms with E-state index in [1.54, 1.807) is 30.3 Å². The van der Waals surface area contributed by atoms with Gasteiger partial charge in [0.25, 0.3) is 11.8 Å². The fraction of sp³-hybridized carbons (Fsp3) is 0.225. The van der Waals surface area contributed by atoms with Crippen LogP contribution in [0, 0.1) is 46.8 Å². The summed E-state index contributed by atoms with van der Waals surface area (Å²) in [7, 11) is 1.26. The summed E-state index contributed by atoms with van der Waals surface area (Å²) in [6, 6.07) is 18.0. The van der Waals surface area contributed by atoms with Gasteiger partial charge in [-0.1, -0.05) is 48.0 Å². The number of phenols is 1. The first-order chi connectivity index (χ1) is 26.6. The summed E-state index contributed by atoms with van der Waals surface area (Å²) in [6.45, 7) is 0. The number of nitrogens with zero attached hydrogens (tertiary/aromatic N) is 2. The second-order valence-electron chi connectivity index (χ2n) is 13.9. The molecule has 56 heavy (non-hydrogen) atoms. The van der Waals surface area contributed by atoms with Gasteiger partial charge in [-0.05, 0) is 60.7 Å². The zero-order valence-electron chi connectivity index (χ0n) is 28.7. The maximum atomic E-state index is 15.3. The number of ketones is 1. The van der Waals surface area contributed by atoms with E-state index in [0.29, 0.717) is 5.56 Å². The lowest BCUT2D eigenvalue weighted by Gasteiger charge is -2.50.